The Bertz CT molecular complexity index is 1210. The molecular formula is C25H26Cl3F3N4O3. The van der Waals surface area contributed by atoms with Gasteiger partial charge in [0.15, 0.2) is 5.60 Å². The lowest BCUT2D eigenvalue weighted by Gasteiger charge is -2.41. The Kier molecular flexibility index (Phi) is 8.26. The number of anilines is 2. The number of rotatable bonds is 7. The first-order chi connectivity index (χ1) is 17.7. The molecule has 13 heteroatoms. The van der Waals surface area contributed by atoms with Gasteiger partial charge in [0.1, 0.15) is 18.0 Å². The minimum atomic E-state index is -4.61. The van der Waals surface area contributed by atoms with Gasteiger partial charge in [-0.25, -0.2) is 4.98 Å². The number of amides is 2. The van der Waals surface area contributed by atoms with E-state index in [1.807, 2.05) is 0 Å². The molecule has 1 aromatic heterocycles. The van der Waals surface area contributed by atoms with Crippen LogP contribution in [-0.4, -0.2) is 46.7 Å². The number of alkyl halides is 3. The molecule has 2 fully saturated rings. The Balaban J connectivity index is 1.38. The van der Waals surface area contributed by atoms with Crippen LogP contribution in [0.1, 0.15) is 46.0 Å². The first-order valence-corrected chi connectivity index (χ1v) is 13.1. The fraction of sp³-hybridized carbons (Fsp3) is 0.480. The smallest absolute Gasteiger partial charge is 0.397 e. The number of carbonyl (C=O) groups is 2. The summed E-state index contributed by atoms with van der Waals surface area (Å²) in [6.07, 6.45) is -1.84. The van der Waals surface area contributed by atoms with Crippen LogP contribution < -0.4 is 20.3 Å². The summed E-state index contributed by atoms with van der Waals surface area (Å²) in [5.41, 5.74) is -1.10. The Morgan fingerprint density at radius 3 is 2.32 bits per heavy atom. The zero-order chi connectivity index (χ0) is 27.8. The van der Waals surface area contributed by atoms with Gasteiger partial charge in [-0.05, 0) is 63.8 Å². The van der Waals surface area contributed by atoms with Crippen molar-refractivity contribution in [2.45, 2.75) is 75.9 Å². The number of halogens is 6. The first-order valence-electron chi connectivity index (χ1n) is 12.0. The van der Waals surface area contributed by atoms with Crippen LogP contribution in [0, 0.1) is 0 Å². The quantitative estimate of drug-likeness (QED) is 0.388. The van der Waals surface area contributed by atoms with Crippen molar-refractivity contribution in [3.63, 3.8) is 0 Å². The summed E-state index contributed by atoms with van der Waals surface area (Å²) in [7, 11) is 0. The number of aromatic nitrogens is 1. The molecule has 2 aliphatic rings. The Hall–Kier alpha value is -2.43. The highest BCUT2D eigenvalue weighted by Gasteiger charge is 2.44. The van der Waals surface area contributed by atoms with Crippen molar-refractivity contribution in [3.8, 4) is 5.75 Å². The van der Waals surface area contributed by atoms with Gasteiger partial charge in [-0.3, -0.25) is 9.59 Å². The molecule has 0 radical (unpaired) electrons. The SMILES string of the molecule is CC(C)(Oc1ccc(Cl)cc1Cl)C(=O)NC1CC2CCC(C1)N2c1ncc(NC(=O)CC(F)(F)F)cc1Cl. The Labute approximate surface area is 233 Å². The van der Waals surface area contributed by atoms with Gasteiger partial charge in [-0.15, -0.1) is 0 Å². The van der Waals surface area contributed by atoms with Crippen molar-refractivity contribution in [2.75, 3.05) is 10.2 Å². The minimum absolute atomic E-state index is 0.0597. The normalized spacial score (nSPS) is 21.3. The van der Waals surface area contributed by atoms with Crippen LogP contribution in [0.2, 0.25) is 15.1 Å². The van der Waals surface area contributed by atoms with Gasteiger partial charge >= 0.3 is 6.18 Å². The van der Waals surface area contributed by atoms with E-state index in [0.717, 1.165) is 12.8 Å². The van der Waals surface area contributed by atoms with Gasteiger partial charge < -0.3 is 20.3 Å². The molecule has 38 heavy (non-hydrogen) atoms. The highest BCUT2D eigenvalue weighted by Crippen LogP contribution is 2.42. The van der Waals surface area contributed by atoms with Gasteiger partial charge in [0.2, 0.25) is 5.91 Å². The topological polar surface area (TPSA) is 83.6 Å². The molecule has 2 atom stereocenters. The summed E-state index contributed by atoms with van der Waals surface area (Å²) >= 11 is 18.6. The number of nitrogens with zero attached hydrogens (tertiary/aromatic N) is 2. The van der Waals surface area contributed by atoms with E-state index in [1.54, 1.807) is 32.0 Å². The number of hydrogen-bond acceptors (Lipinski definition) is 5. The lowest BCUT2D eigenvalue weighted by Crippen LogP contribution is -2.55. The molecule has 2 aliphatic heterocycles. The number of hydrogen-bond donors (Lipinski definition) is 2. The van der Waals surface area contributed by atoms with Crippen molar-refractivity contribution in [1.82, 2.24) is 10.3 Å². The van der Waals surface area contributed by atoms with E-state index in [-0.39, 0.29) is 34.7 Å². The molecule has 2 amide bonds. The third-order valence-corrected chi connectivity index (χ3v) is 7.39. The highest BCUT2D eigenvalue weighted by molar-refractivity contribution is 6.35. The predicted octanol–water partition coefficient (Wildman–Crippen LogP) is 6.41. The van der Waals surface area contributed by atoms with E-state index in [9.17, 15) is 22.8 Å². The summed E-state index contributed by atoms with van der Waals surface area (Å²) < 4.78 is 43.2. The summed E-state index contributed by atoms with van der Waals surface area (Å²) in [5.74, 6) is -0.620. The average Bonchev–Trinajstić information content (AvgIpc) is 3.04. The van der Waals surface area contributed by atoms with Crippen molar-refractivity contribution in [2.24, 2.45) is 0 Å². The number of pyridine rings is 1. The Morgan fingerprint density at radius 2 is 1.74 bits per heavy atom. The molecular weight excluding hydrogens is 568 g/mol. The molecule has 3 heterocycles. The maximum absolute atomic E-state index is 13.1. The third-order valence-electron chi connectivity index (χ3n) is 6.59. The highest BCUT2D eigenvalue weighted by atomic mass is 35.5. The maximum Gasteiger partial charge on any atom is 0.397 e. The molecule has 7 nitrogen and oxygen atoms in total. The van der Waals surface area contributed by atoms with E-state index in [0.29, 0.717) is 34.5 Å². The molecule has 0 aliphatic carbocycles. The van der Waals surface area contributed by atoms with Crippen molar-refractivity contribution in [3.05, 3.63) is 45.5 Å². The van der Waals surface area contributed by atoms with E-state index < -0.39 is 24.1 Å². The lowest BCUT2D eigenvalue weighted by molar-refractivity contribution is -0.150. The van der Waals surface area contributed by atoms with Crippen LogP contribution in [0.3, 0.4) is 0 Å². The zero-order valence-electron chi connectivity index (χ0n) is 20.5. The molecule has 206 valence electrons. The second-order valence-corrected chi connectivity index (χ2v) is 11.2. The fourth-order valence-electron chi connectivity index (χ4n) is 4.96. The number of benzene rings is 1. The third kappa shape index (κ3) is 6.76. The monoisotopic (exact) mass is 592 g/mol. The molecule has 2 N–H and O–H groups in total. The molecule has 0 spiro atoms. The number of piperidine rings is 1. The number of nitrogens with one attached hydrogen (secondary N) is 2. The van der Waals surface area contributed by atoms with Crippen LogP contribution in [0.15, 0.2) is 30.5 Å². The summed E-state index contributed by atoms with van der Waals surface area (Å²) in [5, 5.41) is 6.26. The number of carbonyl (C=O) groups excluding carboxylic acids is 2. The van der Waals surface area contributed by atoms with Gasteiger partial charge in [0.25, 0.3) is 5.91 Å². The first kappa shape index (κ1) is 28.6. The van der Waals surface area contributed by atoms with Crippen molar-refractivity contribution in [1.29, 1.82) is 0 Å². The van der Waals surface area contributed by atoms with E-state index in [4.69, 9.17) is 39.5 Å². The second-order valence-electron chi connectivity index (χ2n) is 9.99. The largest absolute Gasteiger partial charge is 0.476 e. The fourth-order valence-corrected chi connectivity index (χ4v) is 5.67. The summed E-state index contributed by atoms with van der Waals surface area (Å²) in [6.45, 7) is 3.32. The molecule has 0 saturated carbocycles. The molecule has 2 bridgehead atoms. The number of fused-ring (bicyclic) bond motifs is 2. The molecule has 4 rings (SSSR count). The lowest BCUT2D eigenvalue weighted by atomic mass is 9.96. The molecule has 1 aromatic carbocycles. The van der Waals surface area contributed by atoms with Crippen molar-refractivity contribution >= 4 is 58.1 Å². The van der Waals surface area contributed by atoms with Crippen LogP contribution in [0.25, 0.3) is 0 Å². The average molecular weight is 594 g/mol. The number of ether oxygens (including phenoxy) is 1. The maximum atomic E-state index is 13.1. The zero-order valence-corrected chi connectivity index (χ0v) is 22.8. The van der Waals surface area contributed by atoms with Gasteiger partial charge in [0.05, 0.1) is 21.9 Å². The van der Waals surface area contributed by atoms with Crippen molar-refractivity contribution < 1.29 is 27.5 Å². The molecule has 2 aromatic rings. The molecule has 2 unspecified atom stereocenters. The van der Waals surface area contributed by atoms with Crippen LogP contribution in [0.4, 0.5) is 24.7 Å². The predicted molar refractivity (Wildman–Crippen MR) is 140 cm³/mol. The van der Waals surface area contributed by atoms with Crippen LogP contribution in [-0.2, 0) is 9.59 Å². The van der Waals surface area contributed by atoms with Gasteiger partial charge in [0, 0.05) is 23.1 Å². The van der Waals surface area contributed by atoms with E-state index in [2.05, 4.69) is 20.5 Å². The standard InChI is InChI=1S/C25H26Cl3F3N4O3/c1-24(2,38-20-6-3-13(26)7-18(20)27)23(37)34-14-8-16-4-5-17(9-14)35(16)22-19(28)10-15(12-32-22)33-21(36)11-25(29,30)31/h3,6-7,10,12,14,16-17H,4-5,8-9,11H2,1-2H3,(H,33,36)(H,34,37). The molecule has 2 saturated heterocycles. The Morgan fingerprint density at radius 1 is 1.08 bits per heavy atom. The van der Waals surface area contributed by atoms with Crippen LogP contribution in [0.5, 0.6) is 5.75 Å². The van der Waals surface area contributed by atoms with E-state index >= 15 is 0 Å². The minimum Gasteiger partial charge on any atom is -0.476 e. The summed E-state index contributed by atoms with van der Waals surface area (Å²) in [6, 6.07) is 6.21. The van der Waals surface area contributed by atoms with E-state index in [1.165, 1.54) is 12.3 Å². The summed E-state index contributed by atoms with van der Waals surface area (Å²) in [4.78, 5) is 31.2. The second kappa shape index (κ2) is 11.0. The van der Waals surface area contributed by atoms with Crippen LogP contribution >= 0.6 is 34.8 Å². The van der Waals surface area contributed by atoms with Gasteiger partial charge in [-0.2, -0.15) is 13.2 Å². The van der Waals surface area contributed by atoms with Gasteiger partial charge in [-0.1, -0.05) is 34.8 Å².